The topological polar surface area (TPSA) is 41.1 Å². The van der Waals surface area contributed by atoms with Crippen molar-refractivity contribution in [1.82, 2.24) is 10.6 Å². The summed E-state index contributed by atoms with van der Waals surface area (Å²) in [5.41, 5.74) is 0.285. The molecule has 3 nitrogen and oxygen atoms in total. The lowest BCUT2D eigenvalue weighted by Crippen LogP contribution is -2.53. The Bertz CT molecular complexity index is 568. The zero-order valence-corrected chi connectivity index (χ0v) is 14.9. The van der Waals surface area contributed by atoms with Crippen LogP contribution in [0.25, 0.3) is 0 Å². The van der Waals surface area contributed by atoms with Crippen LogP contribution in [-0.2, 0) is 0 Å². The summed E-state index contributed by atoms with van der Waals surface area (Å²) in [6.45, 7) is 3.38. The van der Waals surface area contributed by atoms with Crippen LogP contribution in [0.15, 0.2) is 18.2 Å². The molecule has 1 aromatic carbocycles. The number of halogens is 2. The minimum atomic E-state index is -0.484. The Labute approximate surface area is 148 Å². The highest BCUT2D eigenvalue weighted by Gasteiger charge is 2.31. The smallest absolute Gasteiger partial charge is 0.251 e. The molecule has 5 heteroatoms. The highest BCUT2D eigenvalue weighted by molar-refractivity contribution is 6.31. The summed E-state index contributed by atoms with van der Waals surface area (Å²) in [5.74, 6) is 1.01. The van der Waals surface area contributed by atoms with Crippen LogP contribution in [0.1, 0.15) is 55.8 Å². The molecule has 0 heterocycles. The van der Waals surface area contributed by atoms with E-state index in [0.717, 1.165) is 31.2 Å². The fourth-order valence-corrected chi connectivity index (χ4v) is 4.15. The first-order chi connectivity index (χ1) is 11.5. The number of rotatable bonds is 6. The van der Waals surface area contributed by atoms with E-state index in [-0.39, 0.29) is 22.5 Å². The van der Waals surface area contributed by atoms with Crippen LogP contribution in [0.4, 0.5) is 4.39 Å². The van der Waals surface area contributed by atoms with E-state index >= 15 is 0 Å². The normalized spacial score (nSPS) is 29.3. The molecule has 24 heavy (non-hydrogen) atoms. The number of hydrogen-bond acceptors (Lipinski definition) is 2. The minimum absolute atomic E-state index is 0.170. The van der Waals surface area contributed by atoms with Crippen molar-refractivity contribution in [2.45, 2.75) is 57.5 Å². The third-order valence-electron chi connectivity index (χ3n) is 5.52. The lowest BCUT2D eigenvalue weighted by atomic mass is 9.86. The van der Waals surface area contributed by atoms with E-state index in [4.69, 9.17) is 11.6 Å². The number of amides is 1. The van der Waals surface area contributed by atoms with Crippen molar-refractivity contribution in [3.05, 3.63) is 34.6 Å². The molecule has 0 radical (unpaired) electrons. The molecule has 2 aliphatic rings. The molecule has 0 aliphatic heterocycles. The molecule has 1 aromatic rings. The third-order valence-corrected chi connectivity index (χ3v) is 5.74. The number of nitrogens with one attached hydrogen (secondary N) is 2. The maximum absolute atomic E-state index is 13.3. The van der Waals surface area contributed by atoms with Crippen molar-refractivity contribution in [3.63, 3.8) is 0 Å². The summed E-state index contributed by atoms with van der Waals surface area (Å²) in [6.07, 6.45) is 7.27. The van der Waals surface area contributed by atoms with E-state index in [9.17, 15) is 9.18 Å². The molecule has 2 aliphatic carbocycles. The van der Waals surface area contributed by atoms with Gasteiger partial charge in [0.15, 0.2) is 0 Å². The molecular weight excluding hydrogens is 327 g/mol. The Kier molecular flexibility index (Phi) is 5.77. The number of carbonyl (C=O) groups is 1. The van der Waals surface area contributed by atoms with Gasteiger partial charge >= 0.3 is 0 Å². The average molecular weight is 353 g/mol. The van der Waals surface area contributed by atoms with E-state index in [1.807, 2.05) is 0 Å². The van der Waals surface area contributed by atoms with Crippen molar-refractivity contribution >= 4 is 17.5 Å². The number of benzene rings is 1. The Morgan fingerprint density at radius 1 is 1.17 bits per heavy atom. The molecule has 2 atom stereocenters. The van der Waals surface area contributed by atoms with E-state index < -0.39 is 5.82 Å². The predicted octanol–water partition coefficient (Wildman–Crippen LogP) is 4.16. The van der Waals surface area contributed by atoms with Gasteiger partial charge in [-0.1, -0.05) is 31.4 Å². The Balaban J connectivity index is 1.37. The van der Waals surface area contributed by atoms with Crippen LogP contribution in [0, 0.1) is 17.7 Å². The SMILES string of the molecule is CCC1CC[C@H](CNC2CC(NC(=O)c3cc(F)cc(Cl)c3)C2)C1. The predicted molar refractivity (Wildman–Crippen MR) is 94.8 cm³/mol. The number of carbonyl (C=O) groups excluding carboxylic acids is 1. The maximum Gasteiger partial charge on any atom is 0.251 e. The van der Waals surface area contributed by atoms with Crippen molar-refractivity contribution < 1.29 is 9.18 Å². The summed E-state index contributed by atoms with van der Waals surface area (Å²) in [7, 11) is 0. The van der Waals surface area contributed by atoms with Crippen molar-refractivity contribution in [2.75, 3.05) is 6.54 Å². The molecule has 0 aromatic heterocycles. The molecule has 132 valence electrons. The van der Waals surface area contributed by atoms with Gasteiger partial charge in [-0.3, -0.25) is 4.79 Å². The van der Waals surface area contributed by atoms with Gasteiger partial charge in [-0.25, -0.2) is 4.39 Å². The van der Waals surface area contributed by atoms with Crippen LogP contribution < -0.4 is 10.6 Å². The molecule has 2 N–H and O–H groups in total. The van der Waals surface area contributed by atoms with E-state index in [2.05, 4.69) is 17.6 Å². The lowest BCUT2D eigenvalue weighted by molar-refractivity contribution is 0.0901. The molecule has 0 saturated heterocycles. The average Bonchev–Trinajstić information content (AvgIpc) is 2.96. The monoisotopic (exact) mass is 352 g/mol. The maximum atomic E-state index is 13.3. The van der Waals surface area contributed by atoms with Gasteiger partial charge in [-0.05, 0) is 62.3 Å². The van der Waals surface area contributed by atoms with Crippen molar-refractivity contribution in [1.29, 1.82) is 0 Å². The van der Waals surface area contributed by atoms with E-state index in [0.29, 0.717) is 6.04 Å². The summed E-state index contributed by atoms with van der Waals surface area (Å²) in [6, 6.07) is 4.59. The Morgan fingerprint density at radius 3 is 2.58 bits per heavy atom. The van der Waals surface area contributed by atoms with Gasteiger partial charge < -0.3 is 10.6 Å². The van der Waals surface area contributed by atoms with Crippen molar-refractivity contribution in [3.8, 4) is 0 Å². The molecular formula is C19H26ClFN2O. The zero-order chi connectivity index (χ0) is 17.1. The van der Waals surface area contributed by atoms with Crippen LogP contribution in [0.2, 0.25) is 5.02 Å². The van der Waals surface area contributed by atoms with Crippen LogP contribution in [0.5, 0.6) is 0 Å². The molecule has 0 spiro atoms. The summed E-state index contributed by atoms with van der Waals surface area (Å²) in [5, 5.41) is 6.84. The second kappa shape index (κ2) is 7.83. The van der Waals surface area contributed by atoms with Gasteiger partial charge in [-0.15, -0.1) is 0 Å². The number of hydrogen-bond donors (Lipinski definition) is 2. The molecule has 3 rings (SSSR count). The highest BCUT2D eigenvalue weighted by Crippen LogP contribution is 2.33. The quantitative estimate of drug-likeness (QED) is 0.807. The fourth-order valence-electron chi connectivity index (χ4n) is 3.92. The van der Waals surface area contributed by atoms with Gasteiger partial charge in [0.25, 0.3) is 5.91 Å². The summed E-state index contributed by atoms with van der Waals surface area (Å²) >= 11 is 5.80. The largest absolute Gasteiger partial charge is 0.349 e. The zero-order valence-electron chi connectivity index (χ0n) is 14.2. The Hall–Kier alpha value is -1.13. The van der Waals surface area contributed by atoms with Crippen LogP contribution in [-0.4, -0.2) is 24.5 Å². The van der Waals surface area contributed by atoms with Gasteiger partial charge in [-0.2, -0.15) is 0 Å². The summed E-state index contributed by atoms with van der Waals surface area (Å²) < 4.78 is 13.3. The van der Waals surface area contributed by atoms with Crippen LogP contribution in [0.3, 0.4) is 0 Å². The fraction of sp³-hybridized carbons (Fsp3) is 0.632. The standard InChI is InChI=1S/C19H26ClFN2O/c1-2-12-3-4-13(5-12)11-22-17-9-18(10-17)23-19(24)14-6-15(20)8-16(21)7-14/h6-8,12-13,17-18,22H,2-5,9-11H2,1H3,(H,23,24)/t12?,13-,17?,18?/m0/s1. The molecule has 1 unspecified atom stereocenters. The third kappa shape index (κ3) is 4.48. The van der Waals surface area contributed by atoms with Gasteiger partial charge in [0.1, 0.15) is 5.82 Å². The molecule has 2 fully saturated rings. The molecule has 1 amide bonds. The van der Waals surface area contributed by atoms with Crippen molar-refractivity contribution in [2.24, 2.45) is 11.8 Å². The highest BCUT2D eigenvalue weighted by atomic mass is 35.5. The van der Waals surface area contributed by atoms with Gasteiger partial charge in [0.2, 0.25) is 0 Å². The first-order valence-electron chi connectivity index (χ1n) is 9.03. The van der Waals surface area contributed by atoms with Gasteiger partial charge in [0.05, 0.1) is 0 Å². The first kappa shape index (κ1) is 17.7. The van der Waals surface area contributed by atoms with E-state index in [1.54, 1.807) is 0 Å². The lowest BCUT2D eigenvalue weighted by Gasteiger charge is -2.37. The first-order valence-corrected chi connectivity index (χ1v) is 9.41. The van der Waals surface area contributed by atoms with E-state index in [1.165, 1.54) is 43.9 Å². The van der Waals surface area contributed by atoms with Gasteiger partial charge in [0, 0.05) is 22.7 Å². The second-order valence-corrected chi connectivity index (χ2v) is 7.79. The molecule has 2 saturated carbocycles. The second-order valence-electron chi connectivity index (χ2n) is 7.36. The minimum Gasteiger partial charge on any atom is -0.349 e. The van der Waals surface area contributed by atoms with Crippen LogP contribution >= 0.6 is 11.6 Å². The Morgan fingerprint density at radius 2 is 1.92 bits per heavy atom. The summed E-state index contributed by atoms with van der Waals surface area (Å²) in [4.78, 5) is 12.1. The molecule has 0 bridgehead atoms.